The van der Waals surface area contributed by atoms with Crippen molar-refractivity contribution in [2.45, 2.75) is 53.1 Å². The van der Waals surface area contributed by atoms with Crippen molar-refractivity contribution in [3.8, 4) is 5.75 Å². The third kappa shape index (κ3) is 6.22. The smallest absolute Gasteiger partial charge is 0.224 e. The highest BCUT2D eigenvalue weighted by atomic mass is 16.5. The highest BCUT2D eigenvalue weighted by molar-refractivity contribution is 5.93. The van der Waals surface area contributed by atoms with E-state index in [1.807, 2.05) is 45.2 Å². The number of hydrogen-bond acceptors (Lipinski definition) is 3. The fourth-order valence-corrected chi connectivity index (χ4v) is 2.40. The summed E-state index contributed by atoms with van der Waals surface area (Å²) in [5.41, 5.74) is 0.711. The molecular weight excluding hydrogens is 304 g/mol. The minimum atomic E-state index is -0.0983. The van der Waals surface area contributed by atoms with Crippen molar-refractivity contribution >= 4 is 17.5 Å². The summed E-state index contributed by atoms with van der Waals surface area (Å²) in [6, 6.07) is 7.45. The Balaban J connectivity index is 2.82. The molecule has 0 saturated carbocycles. The lowest BCUT2D eigenvalue weighted by atomic mass is 10.2. The molecule has 0 unspecified atom stereocenters. The van der Waals surface area contributed by atoms with Gasteiger partial charge in [-0.05, 0) is 32.4 Å². The fraction of sp³-hybridized carbons (Fsp3) is 0.579. The van der Waals surface area contributed by atoms with Crippen LogP contribution in [0.2, 0.25) is 0 Å². The molecule has 0 atom stereocenters. The molecule has 0 saturated heterocycles. The van der Waals surface area contributed by atoms with Gasteiger partial charge in [-0.3, -0.25) is 9.59 Å². The van der Waals surface area contributed by atoms with Crippen molar-refractivity contribution in [1.82, 2.24) is 4.90 Å². The summed E-state index contributed by atoms with van der Waals surface area (Å²) in [6.45, 7) is 8.60. The van der Waals surface area contributed by atoms with Crippen LogP contribution < -0.4 is 9.64 Å². The van der Waals surface area contributed by atoms with Gasteiger partial charge in [-0.2, -0.15) is 0 Å². The van der Waals surface area contributed by atoms with Crippen molar-refractivity contribution in [2.75, 3.05) is 25.0 Å². The molecule has 0 bridgehead atoms. The second-order valence-electron chi connectivity index (χ2n) is 6.22. The van der Waals surface area contributed by atoms with Crippen LogP contribution in [-0.2, 0) is 9.59 Å². The molecule has 5 nitrogen and oxygen atoms in total. The Bertz CT molecular complexity index is 543. The Morgan fingerprint density at radius 3 is 2.42 bits per heavy atom. The zero-order valence-electron chi connectivity index (χ0n) is 15.5. The molecule has 0 aromatic heterocycles. The van der Waals surface area contributed by atoms with E-state index in [0.717, 1.165) is 19.4 Å². The van der Waals surface area contributed by atoms with Gasteiger partial charge in [0.2, 0.25) is 11.8 Å². The van der Waals surface area contributed by atoms with Crippen LogP contribution in [0.3, 0.4) is 0 Å². The van der Waals surface area contributed by atoms with Gasteiger partial charge in [0, 0.05) is 33.5 Å². The Hall–Kier alpha value is -2.04. The second kappa shape index (κ2) is 9.96. The third-order valence-corrected chi connectivity index (χ3v) is 3.72. The molecule has 134 valence electrons. The Morgan fingerprint density at radius 2 is 1.83 bits per heavy atom. The number of nitrogens with zero attached hydrogens (tertiary/aromatic N) is 2. The predicted molar refractivity (Wildman–Crippen MR) is 97.4 cm³/mol. The van der Waals surface area contributed by atoms with E-state index in [1.165, 1.54) is 6.92 Å². The second-order valence-corrected chi connectivity index (χ2v) is 6.22. The van der Waals surface area contributed by atoms with Crippen molar-refractivity contribution in [1.29, 1.82) is 0 Å². The summed E-state index contributed by atoms with van der Waals surface area (Å²) < 4.78 is 5.79. The van der Waals surface area contributed by atoms with E-state index in [4.69, 9.17) is 4.74 Å². The van der Waals surface area contributed by atoms with Gasteiger partial charge in [0.15, 0.2) is 0 Å². The van der Waals surface area contributed by atoms with E-state index in [-0.39, 0.29) is 17.9 Å². The summed E-state index contributed by atoms with van der Waals surface area (Å²) in [4.78, 5) is 27.7. The lowest BCUT2D eigenvalue weighted by Crippen LogP contribution is -2.35. The molecule has 0 aliphatic carbocycles. The number of rotatable bonds is 9. The Labute approximate surface area is 145 Å². The van der Waals surface area contributed by atoms with Gasteiger partial charge < -0.3 is 14.5 Å². The molecule has 0 fully saturated rings. The van der Waals surface area contributed by atoms with Gasteiger partial charge in [-0.15, -0.1) is 0 Å². The summed E-state index contributed by atoms with van der Waals surface area (Å²) in [6.07, 6.45) is 2.36. The zero-order valence-corrected chi connectivity index (χ0v) is 15.5. The molecule has 0 N–H and O–H groups in total. The van der Waals surface area contributed by atoms with Crippen LogP contribution in [0.25, 0.3) is 0 Å². The van der Waals surface area contributed by atoms with E-state index in [0.29, 0.717) is 24.4 Å². The lowest BCUT2D eigenvalue weighted by molar-refractivity contribution is -0.129. The molecule has 0 aliphatic heterocycles. The largest absolute Gasteiger partial charge is 0.489 e. The molecule has 1 aromatic rings. The van der Waals surface area contributed by atoms with E-state index in [1.54, 1.807) is 9.80 Å². The van der Waals surface area contributed by atoms with Crippen molar-refractivity contribution in [2.24, 2.45) is 0 Å². The first-order valence-electron chi connectivity index (χ1n) is 8.64. The standard InChI is InChI=1S/C19H30N2O3/c1-6-7-13-20(5)19(23)12-14-21(16(4)22)17-10-8-9-11-18(17)24-15(2)3/h8-11,15H,6-7,12-14H2,1-5H3. The first kappa shape index (κ1) is 20.0. The molecule has 1 aromatic carbocycles. The maximum absolute atomic E-state index is 12.2. The van der Waals surface area contributed by atoms with E-state index < -0.39 is 0 Å². The SMILES string of the molecule is CCCCN(C)C(=O)CCN(C(C)=O)c1ccccc1OC(C)C. The number of ether oxygens (including phenoxy) is 1. The number of para-hydroxylation sites is 2. The van der Waals surface area contributed by atoms with Gasteiger partial charge in [0.1, 0.15) is 5.75 Å². The maximum atomic E-state index is 12.2. The van der Waals surface area contributed by atoms with Gasteiger partial charge in [-0.1, -0.05) is 25.5 Å². The molecule has 1 rings (SSSR count). The van der Waals surface area contributed by atoms with E-state index >= 15 is 0 Å². The lowest BCUT2D eigenvalue weighted by Gasteiger charge is -2.25. The zero-order chi connectivity index (χ0) is 18.1. The fourth-order valence-electron chi connectivity index (χ4n) is 2.40. The normalized spacial score (nSPS) is 10.6. The minimum absolute atomic E-state index is 0.0155. The molecule has 5 heteroatoms. The molecule has 0 aliphatic rings. The van der Waals surface area contributed by atoms with Gasteiger partial charge >= 0.3 is 0 Å². The monoisotopic (exact) mass is 334 g/mol. The first-order chi connectivity index (χ1) is 11.4. The van der Waals surface area contributed by atoms with Crippen LogP contribution in [0, 0.1) is 0 Å². The maximum Gasteiger partial charge on any atom is 0.224 e. The number of benzene rings is 1. The predicted octanol–water partition coefficient (Wildman–Crippen LogP) is 3.48. The van der Waals surface area contributed by atoms with Crippen molar-refractivity contribution in [3.05, 3.63) is 24.3 Å². The quantitative estimate of drug-likeness (QED) is 0.695. The number of carbonyl (C=O) groups excluding carboxylic acids is 2. The average Bonchev–Trinajstić information content (AvgIpc) is 2.53. The molecule has 0 heterocycles. The average molecular weight is 334 g/mol. The highest BCUT2D eigenvalue weighted by Crippen LogP contribution is 2.29. The van der Waals surface area contributed by atoms with Gasteiger partial charge in [0.05, 0.1) is 11.8 Å². The number of carbonyl (C=O) groups is 2. The van der Waals surface area contributed by atoms with Crippen LogP contribution in [0.1, 0.15) is 47.0 Å². The van der Waals surface area contributed by atoms with Crippen LogP contribution in [-0.4, -0.2) is 43.0 Å². The van der Waals surface area contributed by atoms with Gasteiger partial charge in [0.25, 0.3) is 0 Å². The van der Waals surface area contributed by atoms with E-state index in [2.05, 4.69) is 6.92 Å². The summed E-state index contributed by atoms with van der Waals surface area (Å²) in [5, 5.41) is 0. The number of unbranched alkanes of at least 4 members (excludes halogenated alkanes) is 1. The van der Waals surface area contributed by atoms with Crippen LogP contribution in [0.4, 0.5) is 5.69 Å². The van der Waals surface area contributed by atoms with Crippen LogP contribution in [0.5, 0.6) is 5.75 Å². The Kier molecular flexibility index (Phi) is 8.30. The van der Waals surface area contributed by atoms with Crippen molar-refractivity contribution < 1.29 is 14.3 Å². The highest BCUT2D eigenvalue weighted by Gasteiger charge is 2.19. The molecular formula is C19H30N2O3. The Morgan fingerprint density at radius 1 is 1.17 bits per heavy atom. The molecule has 0 spiro atoms. The number of amides is 2. The first-order valence-corrected chi connectivity index (χ1v) is 8.64. The third-order valence-electron chi connectivity index (χ3n) is 3.72. The molecule has 2 amide bonds. The van der Waals surface area contributed by atoms with Gasteiger partial charge in [-0.25, -0.2) is 0 Å². The summed E-state index contributed by atoms with van der Waals surface area (Å²) >= 11 is 0. The minimum Gasteiger partial charge on any atom is -0.489 e. The topological polar surface area (TPSA) is 49.9 Å². The summed E-state index contributed by atoms with van der Waals surface area (Å²) in [5.74, 6) is 0.616. The van der Waals surface area contributed by atoms with Crippen molar-refractivity contribution in [3.63, 3.8) is 0 Å². The number of hydrogen-bond donors (Lipinski definition) is 0. The van der Waals surface area contributed by atoms with Crippen LogP contribution >= 0.6 is 0 Å². The molecule has 24 heavy (non-hydrogen) atoms. The number of anilines is 1. The molecule has 0 radical (unpaired) electrons. The summed E-state index contributed by atoms with van der Waals surface area (Å²) in [7, 11) is 1.81. The van der Waals surface area contributed by atoms with Crippen LogP contribution in [0.15, 0.2) is 24.3 Å². The van der Waals surface area contributed by atoms with E-state index in [9.17, 15) is 9.59 Å².